The summed E-state index contributed by atoms with van der Waals surface area (Å²) in [5, 5.41) is 4.66. The molecule has 0 aromatic heterocycles. The number of benzene rings is 2. The lowest BCUT2D eigenvalue weighted by Gasteiger charge is -2.11. The maximum absolute atomic E-state index is 6.17. The Balaban J connectivity index is 2.07. The molecule has 0 saturated carbocycles. The standard InChI is InChI=1S/C15H15Cl2NO/c1-10-7-14(17)15(8-13(10)16)18-9-11-3-5-12(19-2)6-4-11/h3-8,18H,9H2,1-2H3. The summed E-state index contributed by atoms with van der Waals surface area (Å²) in [6, 6.07) is 11.6. The molecule has 0 unspecified atom stereocenters. The highest BCUT2D eigenvalue weighted by Crippen LogP contribution is 2.29. The average Bonchev–Trinajstić information content (AvgIpc) is 2.42. The number of rotatable bonds is 4. The first-order valence-electron chi connectivity index (χ1n) is 5.92. The molecule has 2 aromatic carbocycles. The molecule has 2 aromatic rings. The van der Waals surface area contributed by atoms with E-state index in [-0.39, 0.29) is 0 Å². The van der Waals surface area contributed by atoms with Crippen molar-refractivity contribution < 1.29 is 4.74 Å². The molecule has 100 valence electrons. The highest BCUT2D eigenvalue weighted by Gasteiger charge is 2.04. The predicted molar refractivity (Wildman–Crippen MR) is 81.5 cm³/mol. The van der Waals surface area contributed by atoms with E-state index in [1.54, 1.807) is 7.11 Å². The number of anilines is 1. The number of hydrogen-bond donors (Lipinski definition) is 1. The summed E-state index contributed by atoms with van der Waals surface area (Å²) in [7, 11) is 1.65. The fourth-order valence-electron chi connectivity index (χ4n) is 1.72. The lowest BCUT2D eigenvalue weighted by Crippen LogP contribution is -2.00. The van der Waals surface area contributed by atoms with Crippen LogP contribution < -0.4 is 10.1 Å². The first kappa shape index (κ1) is 14.0. The minimum Gasteiger partial charge on any atom is -0.497 e. The fourth-order valence-corrected chi connectivity index (χ4v) is 2.17. The van der Waals surface area contributed by atoms with E-state index >= 15 is 0 Å². The molecule has 1 N–H and O–H groups in total. The Bertz CT molecular complexity index is 567. The normalized spacial score (nSPS) is 10.3. The van der Waals surface area contributed by atoms with E-state index in [0.717, 1.165) is 22.6 Å². The van der Waals surface area contributed by atoms with Gasteiger partial charge in [0.2, 0.25) is 0 Å². The molecule has 0 spiro atoms. The summed E-state index contributed by atoms with van der Waals surface area (Å²) < 4.78 is 5.12. The SMILES string of the molecule is COc1ccc(CNc2cc(Cl)c(C)cc2Cl)cc1. The summed E-state index contributed by atoms with van der Waals surface area (Å²) in [6.07, 6.45) is 0. The van der Waals surface area contributed by atoms with Crippen molar-refractivity contribution in [2.24, 2.45) is 0 Å². The molecule has 0 bridgehead atoms. The number of aryl methyl sites for hydroxylation is 1. The van der Waals surface area contributed by atoms with Crippen LogP contribution in [0.15, 0.2) is 36.4 Å². The Morgan fingerprint density at radius 3 is 2.37 bits per heavy atom. The van der Waals surface area contributed by atoms with Crippen molar-refractivity contribution in [1.29, 1.82) is 0 Å². The van der Waals surface area contributed by atoms with Gasteiger partial charge in [0.05, 0.1) is 17.8 Å². The minimum absolute atomic E-state index is 0.676. The van der Waals surface area contributed by atoms with Gasteiger partial charge in [-0.2, -0.15) is 0 Å². The lowest BCUT2D eigenvalue weighted by molar-refractivity contribution is 0.414. The van der Waals surface area contributed by atoms with Crippen LogP contribution in [0.4, 0.5) is 5.69 Å². The Kier molecular flexibility index (Phi) is 4.56. The molecule has 0 aliphatic heterocycles. The second-order valence-electron chi connectivity index (χ2n) is 4.28. The van der Waals surface area contributed by atoms with E-state index in [2.05, 4.69) is 5.32 Å². The monoisotopic (exact) mass is 295 g/mol. The fraction of sp³-hybridized carbons (Fsp3) is 0.200. The van der Waals surface area contributed by atoms with Crippen LogP contribution in [0.5, 0.6) is 5.75 Å². The molecular weight excluding hydrogens is 281 g/mol. The molecule has 0 radical (unpaired) electrons. The van der Waals surface area contributed by atoms with Crippen LogP contribution in [0, 0.1) is 6.92 Å². The van der Waals surface area contributed by atoms with E-state index in [1.807, 2.05) is 43.3 Å². The molecule has 0 aliphatic rings. The van der Waals surface area contributed by atoms with E-state index in [4.69, 9.17) is 27.9 Å². The van der Waals surface area contributed by atoms with Gasteiger partial charge in [0.25, 0.3) is 0 Å². The number of ether oxygens (including phenoxy) is 1. The molecule has 0 atom stereocenters. The molecule has 0 aliphatic carbocycles. The number of methoxy groups -OCH3 is 1. The Labute approximate surface area is 123 Å². The Morgan fingerprint density at radius 2 is 1.74 bits per heavy atom. The van der Waals surface area contributed by atoms with E-state index < -0.39 is 0 Å². The van der Waals surface area contributed by atoms with Crippen molar-refractivity contribution in [2.45, 2.75) is 13.5 Å². The van der Waals surface area contributed by atoms with E-state index in [1.165, 1.54) is 0 Å². The molecule has 2 rings (SSSR count). The summed E-state index contributed by atoms with van der Waals surface area (Å²) in [4.78, 5) is 0. The van der Waals surface area contributed by atoms with Crippen LogP contribution in [-0.2, 0) is 6.54 Å². The third-order valence-electron chi connectivity index (χ3n) is 2.89. The van der Waals surface area contributed by atoms with Crippen LogP contribution in [0.3, 0.4) is 0 Å². The first-order valence-corrected chi connectivity index (χ1v) is 6.68. The van der Waals surface area contributed by atoms with Crippen LogP contribution >= 0.6 is 23.2 Å². The minimum atomic E-state index is 0.676. The highest BCUT2D eigenvalue weighted by molar-refractivity contribution is 6.35. The quantitative estimate of drug-likeness (QED) is 0.864. The third-order valence-corrected chi connectivity index (χ3v) is 3.61. The molecule has 19 heavy (non-hydrogen) atoms. The molecular formula is C15H15Cl2NO. The average molecular weight is 296 g/mol. The molecule has 0 heterocycles. The third kappa shape index (κ3) is 3.55. The van der Waals surface area contributed by atoms with Crippen molar-refractivity contribution in [3.63, 3.8) is 0 Å². The lowest BCUT2D eigenvalue weighted by atomic mass is 10.2. The number of nitrogens with one attached hydrogen (secondary N) is 1. The second kappa shape index (κ2) is 6.18. The molecule has 4 heteroatoms. The van der Waals surface area contributed by atoms with Gasteiger partial charge in [-0.1, -0.05) is 35.3 Å². The Morgan fingerprint density at radius 1 is 1.05 bits per heavy atom. The van der Waals surface area contributed by atoms with Gasteiger partial charge in [-0.05, 0) is 42.3 Å². The molecule has 0 amide bonds. The largest absolute Gasteiger partial charge is 0.497 e. The highest BCUT2D eigenvalue weighted by atomic mass is 35.5. The molecule has 0 fully saturated rings. The summed E-state index contributed by atoms with van der Waals surface area (Å²) >= 11 is 12.3. The van der Waals surface area contributed by atoms with Gasteiger partial charge in [0.1, 0.15) is 5.75 Å². The summed E-state index contributed by atoms with van der Waals surface area (Å²) in [5.41, 5.74) is 2.96. The number of hydrogen-bond acceptors (Lipinski definition) is 2. The van der Waals surface area contributed by atoms with Crippen molar-refractivity contribution in [1.82, 2.24) is 0 Å². The van der Waals surface area contributed by atoms with Gasteiger partial charge in [-0.15, -0.1) is 0 Å². The van der Waals surface area contributed by atoms with Crippen LogP contribution in [0.1, 0.15) is 11.1 Å². The topological polar surface area (TPSA) is 21.3 Å². The maximum atomic E-state index is 6.17. The Hall–Kier alpha value is -1.38. The second-order valence-corrected chi connectivity index (χ2v) is 5.10. The zero-order valence-corrected chi connectivity index (χ0v) is 12.3. The zero-order valence-electron chi connectivity index (χ0n) is 10.8. The van der Waals surface area contributed by atoms with Gasteiger partial charge in [0, 0.05) is 11.6 Å². The molecule has 0 saturated heterocycles. The van der Waals surface area contributed by atoms with E-state index in [0.29, 0.717) is 16.6 Å². The first-order chi connectivity index (χ1) is 9.10. The summed E-state index contributed by atoms with van der Waals surface area (Å²) in [5.74, 6) is 0.847. The van der Waals surface area contributed by atoms with Crippen LogP contribution in [0.25, 0.3) is 0 Å². The van der Waals surface area contributed by atoms with Gasteiger partial charge in [0.15, 0.2) is 0 Å². The predicted octanol–water partition coefficient (Wildman–Crippen LogP) is 4.92. The summed E-state index contributed by atoms with van der Waals surface area (Å²) in [6.45, 7) is 2.62. The van der Waals surface area contributed by atoms with E-state index in [9.17, 15) is 0 Å². The van der Waals surface area contributed by atoms with Crippen molar-refractivity contribution in [3.8, 4) is 5.75 Å². The van der Waals surface area contributed by atoms with Crippen LogP contribution in [-0.4, -0.2) is 7.11 Å². The van der Waals surface area contributed by atoms with Gasteiger partial charge in [-0.25, -0.2) is 0 Å². The number of halogens is 2. The van der Waals surface area contributed by atoms with Crippen molar-refractivity contribution >= 4 is 28.9 Å². The van der Waals surface area contributed by atoms with Crippen molar-refractivity contribution in [2.75, 3.05) is 12.4 Å². The maximum Gasteiger partial charge on any atom is 0.118 e. The van der Waals surface area contributed by atoms with Gasteiger partial charge in [-0.3, -0.25) is 0 Å². The van der Waals surface area contributed by atoms with Gasteiger partial charge >= 0.3 is 0 Å². The van der Waals surface area contributed by atoms with Crippen molar-refractivity contribution in [3.05, 3.63) is 57.6 Å². The molecule has 2 nitrogen and oxygen atoms in total. The smallest absolute Gasteiger partial charge is 0.118 e. The van der Waals surface area contributed by atoms with Gasteiger partial charge < -0.3 is 10.1 Å². The zero-order chi connectivity index (χ0) is 13.8. The van der Waals surface area contributed by atoms with Crippen LogP contribution in [0.2, 0.25) is 10.0 Å².